The molecule has 0 aliphatic carbocycles. The number of halogens is 1. The van der Waals surface area contributed by atoms with Gasteiger partial charge in [-0.3, -0.25) is 14.2 Å². The fraction of sp³-hybridized carbons (Fsp3) is 0.421. The first-order chi connectivity index (χ1) is 13.5. The lowest BCUT2D eigenvalue weighted by Crippen LogP contribution is -2.36. The number of likely N-dealkylation sites (N-methyl/N-ethyl adjacent to an activating group) is 1. The van der Waals surface area contributed by atoms with Gasteiger partial charge >= 0.3 is 0 Å². The molecule has 3 N–H and O–H groups in total. The topological polar surface area (TPSA) is 105 Å². The Labute approximate surface area is 161 Å². The minimum absolute atomic E-state index is 0.106. The van der Waals surface area contributed by atoms with Gasteiger partial charge in [0, 0.05) is 6.54 Å². The summed E-state index contributed by atoms with van der Waals surface area (Å²) in [6, 6.07) is 4.97. The molecule has 0 saturated heterocycles. The lowest BCUT2D eigenvalue weighted by atomic mass is 10.2. The van der Waals surface area contributed by atoms with Crippen LogP contribution in [-0.2, 0) is 11.3 Å². The summed E-state index contributed by atoms with van der Waals surface area (Å²) in [5, 5.41) is 16.0. The van der Waals surface area contributed by atoms with Crippen molar-refractivity contribution in [3.63, 3.8) is 0 Å². The molecule has 2 atom stereocenters. The van der Waals surface area contributed by atoms with Gasteiger partial charge in [0.15, 0.2) is 5.69 Å². The molecule has 8 nitrogen and oxygen atoms in total. The van der Waals surface area contributed by atoms with Crippen molar-refractivity contribution in [2.75, 3.05) is 20.3 Å². The molecule has 28 heavy (non-hydrogen) atoms. The van der Waals surface area contributed by atoms with Crippen LogP contribution in [0.3, 0.4) is 0 Å². The third-order valence-corrected chi connectivity index (χ3v) is 4.79. The largest absolute Gasteiger partial charge is 0.501 e. The Morgan fingerprint density at radius 2 is 2.07 bits per heavy atom. The molecule has 0 spiro atoms. The van der Waals surface area contributed by atoms with Crippen LogP contribution in [0.25, 0.3) is 0 Å². The first-order valence-corrected chi connectivity index (χ1v) is 9.09. The van der Waals surface area contributed by atoms with Crippen molar-refractivity contribution in [2.45, 2.75) is 32.0 Å². The van der Waals surface area contributed by atoms with Crippen LogP contribution in [0.2, 0.25) is 0 Å². The van der Waals surface area contributed by atoms with Gasteiger partial charge < -0.3 is 20.5 Å². The van der Waals surface area contributed by atoms with E-state index in [2.05, 4.69) is 15.6 Å². The fourth-order valence-electron chi connectivity index (χ4n) is 3.15. The standard InChI is InChI=1S/C19H23FN4O4/c1-3-13-9-28-10-14(21-2)17-23-15(16(25)19(27)24(13)17)18(26)22-8-11-4-6-12(20)7-5-11/h4-7,13-14,21,25H,3,8-10H2,1-2H3,(H,22,26)/t13?,14-/m1/s1. The van der Waals surface area contributed by atoms with E-state index >= 15 is 0 Å². The van der Waals surface area contributed by atoms with E-state index in [-0.39, 0.29) is 24.1 Å². The summed E-state index contributed by atoms with van der Waals surface area (Å²) in [6.07, 6.45) is 0.612. The van der Waals surface area contributed by atoms with Crippen LogP contribution < -0.4 is 16.2 Å². The SMILES string of the molecule is CCC1COC[C@@H](NC)c2nc(C(=O)NCc3ccc(F)cc3)c(O)c(=O)n21. The lowest BCUT2D eigenvalue weighted by molar-refractivity contribution is 0.0941. The molecule has 0 saturated carbocycles. The number of carbonyl (C=O) groups excluding carboxylic acids is 1. The molecule has 2 aromatic rings. The van der Waals surface area contributed by atoms with Gasteiger partial charge in [0.05, 0.1) is 25.3 Å². The summed E-state index contributed by atoms with van der Waals surface area (Å²) in [5.41, 5.74) is -0.335. The molecule has 1 unspecified atom stereocenters. The quantitative estimate of drug-likeness (QED) is 0.710. The molecule has 150 valence electrons. The maximum Gasteiger partial charge on any atom is 0.296 e. The lowest BCUT2D eigenvalue weighted by Gasteiger charge is -2.21. The van der Waals surface area contributed by atoms with E-state index in [4.69, 9.17) is 4.74 Å². The molecule has 0 fully saturated rings. The number of amides is 1. The van der Waals surface area contributed by atoms with E-state index in [1.165, 1.54) is 28.8 Å². The maximum absolute atomic E-state index is 13.0. The number of hydrogen-bond donors (Lipinski definition) is 3. The van der Waals surface area contributed by atoms with Crippen LogP contribution in [0.15, 0.2) is 29.1 Å². The summed E-state index contributed by atoms with van der Waals surface area (Å²) in [7, 11) is 1.71. The Hall–Kier alpha value is -2.78. The Balaban J connectivity index is 1.94. The Kier molecular flexibility index (Phi) is 6.05. The van der Waals surface area contributed by atoms with Crippen molar-refractivity contribution in [3.8, 4) is 5.75 Å². The number of ether oxygens (including phenoxy) is 1. The first-order valence-electron chi connectivity index (χ1n) is 9.09. The number of aromatic hydroxyl groups is 1. The molecule has 1 aliphatic rings. The smallest absolute Gasteiger partial charge is 0.296 e. The molecule has 0 radical (unpaired) electrons. The normalized spacial score (nSPS) is 19.0. The van der Waals surface area contributed by atoms with Crippen molar-refractivity contribution in [1.82, 2.24) is 20.2 Å². The number of rotatable bonds is 5. The minimum Gasteiger partial charge on any atom is -0.501 e. The maximum atomic E-state index is 13.0. The van der Waals surface area contributed by atoms with Gasteiger partial charge in [-0.25, -0.2) is 9.37 Å². The highest BCUT2D eigenvalue weighted by molar-refractivity contribution is 5.94. The van der Waals surface area contributed by atoms with Gasteiger partial charge in [-0.2, -0.15) is 0 Å². The molecule has 3 rings (SSSR count). The Morgan fingerprint density at radius 1 is 1.36 bits per heavy atom. The number of aromatic nitrogens is 2. The molecule has 1 aromatic carbocycles. The summed E-state index contributed by atoms with van der Waals surface area (Å²) >= 11 is 0. The zero-order valence-corrected chi connectivity index (χ0v) is 15.7. The van der Waals surface area contributed by atoms with Gasteiger partial charge in [-0.1, -0.05) is 19.1 Å². The summed E-state index contributed by atoms with van der Waals surface area (Å²) < 4.78 is 20.0. The average Bonchev–Trinajstić information content (AvgIpc) is 2.88. The van der Waals surface area contributed by atoms with Gasteiger partial charge in [-0.05, 0) is 31.2 Å². The number of carbonyl (C=O) groups is 1. The van der Waals surface area contributed by atoms with Gasteiger partial charge in [0.2, 0.25) is 5.75 Å². The van der Waals surface area contributed by atoms with Gasteiger partial charge in [0.1, 0.15) is 11.6 Å². The molecule has 9 heteroatoms. The zero-order chi connectivity index (χ0) is 20.3. The molecule has 1 aromatic heterocycles. The minimum atomic E-state index is -0.699. The fourth-order valence-corrected chi connectivity index (χ4v) is 3.15. The molecule has 1 aliphatic heterocycles. The number of nitrogens with one attached hydrogen (secondary N) is 2. The predicted octanol–water partition coefficient (Wildman–Crippen LogP) is 1.26. The van der Waals surface area contributed by atoms with Crippen molar-refractivity contribution in [3.05, 3.63) is 57.5 Å². The number of fused-ring (bicyclic) bond motifs is 1. The monoisotopic (exact) mass is 390 g/mol. The highest BCUT2D eigenvalue weighted by Gasteiger charge is 2.30. The zero-order valence-electron chi connectivity index (χ0n) is 15.7. The van der Waals surface area contributed by atoms with Crippen LogP contribution in [0.1, 0.15) is 47.3 Å². The summed E-state index contributed by atoms with van der Waals surface area (Å²) in [5.74, 6) is -1.41. The number of benzene rings is 1. The van der Waals surface area contributed by atoms with E-state index < -0.39 is 23.3 Å². The molecular formula is C19H23FN4O4. The molecule has 2 heterocycles. The summed E-state index contributed by atoms with van der Waals surface area (Å²) in [6.45, 7) is 2.62. The van der Waals surface area contributed by atoms with E-state index in [0.717, 1.165) is 0 Å². The van der Waals surface area contributed by atoms with Crippen molar-refractivity contribution in [2.24, 2.45) is 0 Å². The highest BCUT2D eigenvalue weighted by atomic mass is 19.1. The summed E-state index contributed by atoms with van der Waals surface area (Å²) in [4.78, 5) is 29.7. The van der Waals surface area contributed by atoms with Crippen LogP contribution in [0.4, 0.5) is 4.39 Å². The number of nitrogens with zero attached hydrogens (tertiary/aromatic N) is 2. The Bertz CT molecular complexity index is 913. The van der Waals surface area contributed by atoms with Crippen LogP contribution in [0, 0.1) is 5.82 Å². The Morgan fingerprint density at radius 3 is 2.71 bits per heavy atom. The van der Waals surface area contributed by atoms with Crippen LogP contribution in [-0.4, -0.2) is 40.8 Å². The van der Waals surface area contributed by atoms with E-state index in [1.807, 2.05) is 6.92 Å². The second kappa shape index (κ2) is 8.49. The molecule has 1 amide bonds. The van der Waals surface area contributed by atoms with E-state index in [1.54, 1.807) is 7.05 Å². The highest BCUT2D eigenvalue weighted by Crippen LogP contribution is 2.24. The third kappa shape index (κ3) is 3.90. The van der Waals surface area contributed by atoms with Crippen molar-refractivity contribution >= 4 is 5.91 Å². The van der Waals surface area contributed by atoms with Gasteiger partial charge in [-0.15, -0.1) is 0 Å². The first kappa shape index (κ1) is 20.0. The van der Waals surface area contributed by atoms with Crippen molar-refractivity contribution in [1.29, 1.82) is 0 Å². The van der Waals surface area contributed by atoms with E-state index in [9.17, 15) is 19.1 Å². The molecule has 0 bridgehead atoms. The predicted molar refractivity (Wildman–Crippen MR) is 99.7 cm³/mol. The van der Waals surface area contributed by atoms with E-state index in [0.29, 0.717) is 31.0 Å². The van der Waals surface area contributed by atoms with Crippen molar-refractivity contribution < 1.29 is 19.0 Å². The third-order valence-electron chi connectivity index (χ3n) is 4.79. The van der Waals surface area contributed by atoms with Crippen LogP contribution in [0.5, 0.6) is 5.75 Å². The average molecular weight is 390 g/mol. The second-order valence-electron chi connectivity index (χ2n) is 6.59. The second-order valence-corrected chi connectivity index (χ2v) is 6.59. The van der Waals surface area contributed by atoms with Crippen LogP contribution >= 0.6 is 0 Å². The molecular weight excluding hydrogens is 367 g/mol. The van der Waals surface area contributed by atoms with Gasteiger partial charge in [0.25, 0.3) is 11.5 Å². The number of hydrogen-bond acceptors (Lipinski definition) is 6.